The molecule has 0 aliphatic heterocycles. The Morgan fingerprint density at radius 1 is 1.17 bits per heavy atom. The minimum Gasteiger partial charge on any atom is -0.477 e. The molecule has 0 fully saturated rings. The number of anilines is 2. The Labute approximate surface area is 131 Å². The topological polar surface area (TPSA) is 111 Å². The molecule has 0 amide bonds. The van der Waals surface area contributed by atoms with Crippen molar-refractivity contribution in [3.8, 4) is 11.4 Å². The molecule has 9 nitrogen and oxygen atoms in total. The summed E-state index contributed by atoms with van der Waals surface area (Å²) in [5.41, 5.74) is 2.08. The van der Waals surface area contributed by atoms with Gasteiger partial charge < -0.3 is 10.4 Å². The molecule has 0 aliphatic carbocycles. The van der Waals surface area contributed by atoms with Gasteiger partial charge >= 0.3 is 5.97 Å². The molecule has 3 rings (SSSR count). The third-order valence-electron chi connectivity index (χ3n) is 3.37. The van der Waals surface area contributed by atoms with E-state index < -0.39 is 5.97 Å². The van der Waals surface area contributed by atoms with Crippen LogP contribution in [-0.4, -0.2) is 40.6 Å². The second-order valence-corrected chi connectivity index (χ2v) is 5.03. The average molecular weight is 313 g/mol. The first-order valence-corrected chi connectivity index (χ1v) is 6.82. The maximum absolute atomic E-state index is 11.1. The third kappa shape index (κ3) is 2.89. The van der Waals surface area contributed by atoms with Crippen LogP contribution in [0.15, 0.2) is 24.4 Å². The van der Waals surface area contributed by atoms with Crippen LogP contribution in [0, 0.1) is 6.92 Å². The number of aryl methyl sites for hydroxylation is 3. The number of aromatic nitrogens is 6. The molecule has 0 unspecified atom stereocenters. The highest BCUT2D eigenvalue weighted by atomic mass is 16.4. The number of rotatable bonds is 4. The number of aromatic carboxylic acids is 1. The Bertz CT molecular complexity index is 862. The Hall–Kier alpha value is -3.23. The third-order valence-corrected chi connectivity index (χ3v) is 3.37. The van der Waals surface area contributed by atoms with Crippen molar-refractivity contribution in [3.63, 3.8) is 0 Å². The largest absolute Gasteiger partial charge is 0.477 e. The zero-order valence-electron chi connectivity index (χ0n) is 12.8. The summed E-state index contributed by atoms with van der Waals surface area (Å²) < 4.78 is 3.04. The summed E-state index contributed by atoms with van der Waals surface area (Å²) in [6.07, 6.45) is 1.58. The molecule has 0 radical (unpaired) electrons. The molecule has 3 aromatic heterocycles. The zero-order valence-corrected chi connectivity index (χ0v) is 12.8. The summed E-state index contributed by atoms with van der Waals surface area (Å²) in [6, 6.07) is 5.02. The van der Waals surface area contributed by atoms with Gasteiger partial charge in [0.05, 0.1) is 5.69 Å². The number of nitrogens with zero attached hydrogens (tertiary/aromatic N) is 6. The fourth-order valence-electron chi connectivity index (χ4n) is 2.09. The highest BCUT2D eigenvalue weighted by Gasteiger charge is 2.14. The normalized spacial score (nSPS) is 10.7. The van der Waals surface area contributed by atoms with Crippen molar-refractivity contribution in [2.45, 2.75) is 6.92 Å². The van der Waals surface area contributed by atoms with Crippen molar-refractivity contribution in [1.29, 1.82) is 0 Å². The zero-order chi connectivity index (χ0) is 16.6. The van der Waals surface area contributed by atoms with E-state index in [2.05, 4.69) is 25.5 Å². The van der Waals surface area contributed by atoms with Gasteiger partial charge in [0.15, 0.2) is 5.82 Å². The van der Waals surface area contributed by atoms with E-state index >= 15 is 0 Å². The van der Waals surface area contributed by atoms with Crippen molar-refractivity contribution >= 4 is 17.7 Å². The summed E-state index contributed by atoms with van der Waals surface area (Å²) in [5, 5.41) is 20.5. The number of nitrogens with one attached hydrogen (secondary N) is 1. The van der Waals surface area contributed by atoms with Gasteiger partial charge in [0.1, 0.15) is 11.4 Å². The molecule has 0 aliphatic rings. The van der Waals surface area contributed by atoms with E-state index in [0.29, 0.717) is 23.2 Å². The SMILES string of the molecule is Cc1cc(Nc2nccc(-c3cc(C(=O)O)n(C)n3)n2)nn1C. The quantitative estimate of drug-likeness (QED) is 0.748. The molecule has 3 heterocycles. The van der Waals surface area contributed by atoms with Gasteiger partial charge in [-0.25, -0.2) is 14.8 Å². The lowest BCUT2D eigenvalue weighted by Crippen LogP contribution is -2.04. The predicted octanol–water partition coefficient (Wildman–Crippen LogP) is 1.36. The van der Waals surface area contributed by atoms with Gasteiger partial charge in [-0.3, -0.25) is 9.36 Å². The molecular weight excluding hydrogens is 298 g/mol. The van der Waals surface area contributed by atoms with E-state index in [9.17, 15) is 4.79 Å². The van der Waals surface area contributed by atoms with Crippen molar-refractivity contribution in [3.05, 3.63) is 35.8 Å². The smallest absolute Gasteiger partial charge is 0.354 e. The maximum atomic E-state index is 11.1. The van der Waals surface area contributed by atoms with Crippen molar-refractivity contribution in [2.24, 2.45) is 14.1 Å². The van der Waals surface area contributed by atoms with Gasteiger partial charge in [0.25, 0.3) is 0 Å². The van der Waals surface area contributed by atoms with Crippen molar-refractivity contribution in [2.75, 3.05) is 5.32 Å². The van der Waals surface area contributed by atoms with Crippen LogP contribution in [0.25, 0.3) is 11.4 Å². The van der Waals surface area contributed by atoms with E-state index in [1.807, 2.05) is 20.0 Å². The van der Waals surface area contributed by atoms with E-state index in [1.165, 1.54) is 10.7 Å². The van der Waals surface area contributed by atoms with Gasteiger partial charge in [-0.15, -0.1) is 0 Å². The first-order chi connectivity index (χ1) is 10.9. The molecule has 0 atom stereocenters. The first-order valence-electron chi connectivity index (χ1n) is 6.82. The Morgan fingerprint density at radius 3 is 2.57 bits per heavy atom. The molecule has 0 saturated heterocycles. The minimum absolute atomic E-state index is 0.0912. The highest BCUT2D eigenvalue weighted by Crippen LogP contribution is 2.19. The summed E-state index contributed by atoms with van der Waals surface area (Å²) in [5.74, 6) is -0.0415. The lowest BCUT2D eigenvalue weighted by atomic mass is 10.3. The molecule has 3 aromatic rings. The van der Waals surface area contributed by atoms with Gasteiger partial charge in [-0.1, -0.05) is 0 Å². The molecule has 9 heteroatoms. The second kappa shape index (κ2) is 5.52. The van der Waals surface area contributed by atoms with Crippen LogP contribution in [0.1, 0.15) is 16.2 Å². The fourth-order valence-corrected chi connectivity index (χ4v) is 2.09. The van der Waals surface area contributed by atoms with Crippen molar-refractivity contribution < 1.29 is 9.90 Å². The van der Waals surface area contributed by atoms with Crippen LogP contribution in [0.5, 0.6) is 0 Å². The molecule has 0 bridgehead atoms. The van der Waals surface area contributed by atoms with Crippen LogP contribution in [0.2, 0.25) is 0 Å². The molecule has 118 valence electrons. The van der Waals surface area contributed by atoms with Crippen LogP contribution in [0.3, 0.4) is 0 Å². The summed E-state index contributed by atoms with van der Waals surface area (Å²) in [7, 11) is 3.42. The Balaban J connectivity index is 1.90. The monoisotopic (exact) mass is 313 g/mol. The number of carboxylic acids is 1. The van der Waals surface area contributed by atoms with E-state index in [4.69, 9.17) is 5.11 Å². The summed E-state index contributed by atoms with van der Waals surface area (Å²) >= 11 is 0. The maximum Gasteiger partial charge on any atom is 0.354 e. The van der Waals surface area contributed by atoms with E-state index in [0.717, 1.165) is 5.69 Å². The average Bonchev–Trinajstić information content (AvgIpc) is 3.03. The molecule has 2 N–H and O–H groups in total. The number of hydrogen-bond acceptors (Lipinski definition) is 6. The second-order valence-electron chi connectivity index (χ2n) is 5.03. The first kappa shape index (κ1) is 14.7. The summed E-state index contributed by atoms with van der Waals surface area (Å²) in [4.78, 5) is 19.6. The van der Waals surface area contributed by atoms with Crippen LogP contribution < -0.4 is 5.32 Å². The number of hydrogen-bond donors (Lipinski definition) is 2. The van der Waals surface area contributed by atoms with Gasteiger partial charge in [-0.2, -0.15) is 10.2 Å². The van der Waals surface area contributed by atoms with Crippen LogP contribution >= 0.6 is 0 Å². The Morgan fingerprint density at radius 2 is 1.96 bits per heavy atom. The van der Waals surface area contributed by atoms with Crippen LogP contribution in [-0.2, 0) is 14.1 Å². The van der Waals surface area contributed by atoms with Gasteiger partial charge in [-0.05, 0) is 13.0 Å². The van der Waals surface area contributed by atoms with Gasteiger partial charge in [0, 0.05) is 38.1 Å². The summed E-state index contributed by atoms with van der Waals surface area (Å²) in [6.45, 7) is 1.94. The molecule has 23 heavy (non-hydrogen) atoms. The van der Waals surface area contributed by atoms with Crippen molar-refractivity contribution in [1.82, 2.24) is 29.5 Å². The predicted molar refractivity (Wildman–Crippen MR) is 82.4 cm³/mol. The molecule has 0 spiro atoms. The standard InChI is InChI=1S/C14H15N7O2/c1-8-6-12(19-20(8)2)17-14-15-5-4-9(16-14)10-7-11(13(22)23)21(3)18-10/h4-7H,1-3H3,(H,22,23)(H,15,16,17,19). The number of carbonyl (C=O) groups is 1. The lowest BCUT2D eigenvalue weighted by molar-refractivity contribution is 0.0685. The Kier molecular flexibility index (Phi) is 3.53. The highest BCUT2D eigenvalue weighted by molar-refractivity contribution is 5.87. The van der Waals surface area contributed by atoms with Gasteiger partial charge in [0.2, 0.25) is 5.95 Å². The molecular formula is C14H15N7O2. The molecule has 0 saturated carbocycles. The van der Waals surface area contributed by atoms with Crippen LogP contribution in [0.4, 0.5) is 11.8 Å². The fraction of sp³-hybridized carbons (Fsp3) is 0.214. The minimum atomic E-state index is -1.04. The molecule has 0 aromatic carbocycles. The van der Waals surface area contributed by atoms with E-state index in [-0.39, 0.29) is 5.69 Å². The van der Waals surface area contributed by atoms with E-state index in [1.54, 1.807) is 24.0 Å². The lowest BCUT2D eigenvalue weighted by Gasteiger charge is -2.02. The number of carboxylic acid groups (broad SMARTS) is 1.